The maximum Gasteiger partial charge on any atom is 0.329 e. The molecular formula is C16H26N2O4. The number of aliphatic carboxylic acids is 1. The number of amides is 2. The first-order valence-corrected chi connectivity index (χ1v) is 8.24. The second-order valence-electron chi connectivity index (χ2n) is 6.69. The average Bonchev–Trinajstić information content (AvgIpc) is 3.12. The van der Waals surface area contributed by atoms with Gasteiger partial charge in [0.05, 0.1) is 6.54 Å². The third-order valence-electron chi connectivity index (χ3n) is 5.09. The Labute approximate surface area is 131 Å². The van der Waals surface area contributed by atoms with Crippen LogP contribution in [0, 0.1) is 5.92 Å². The third kappa shape index (κ3) is 3.78. The van der Waals surface area contributed by atoms with E-state index in [1.165, 1.54) is 30.6 Å². The predicted octanol–water partition coefficient (Wildman–Crippen LogP) is 1.54. The second-order valence-corrected chi connectivity index (χ2v) is 6.69. The Bertz CT molecular complexity index is 445. The van der Waals surface area contributed by atoms with E-state index in [1.807, 2.05) is 0 Å². The summed E-state index contributed by atoms with van der Waals surface area (Å²) in [7, 11) is 0. The van der Waals surface area contributed by atoms with Gasteiger partial charge in [0.2, 0.25) is 11.8 Å². The molecule has 0 aromatic rings. The molecule has 1 atom stereocenters. The number of nitrogens with zero attached hydrogens (tertiary/aromatic N) is 1. The average molecular weight is 310 g/mol. The minimum Gasteiger partial charge on any atom is -0.480 e. The molecule has 0 aromatic carbocycles. The largest absolute Gasteiger partial charge is 0.480 e. The van der Waals surface area contributed by atoms with Crippen molar-refractivity contribution in [3.63, 3.8) is 0 Å². The molecule has 124 valence electrons. The first-order chi connectivity index (χ1) is 10.4. The molecule has 0 radical (unpaired) electrons. The summed E-state index contributed by atoms with van der Waals surface area (Å²) < 4.78 is 0. The van der Waals surface area contributed by atoms with Crippen LogP contribution in [0.4, 0.5) is 0 Å². The molecule has 2 amide bonds. The molecule has 1 unspecified atom stereocenters. The molecule has 6 heteroatoms. The van der Waals surface area contributed by atoms with E-state index in [1.54, 1.807) is 6.92 Å². The number of rotatable bonds is 6. The lowest BCUT2D eigenvalue weighted by Gasteiger charge is -2.31. The monoisotopic (exact) mass is 310 g/mol. The van der Waals surface area contributed by atoms with Gasteiger partial charge in [0.25, 0.3) is 0 Å². The molecule has 0 aromatic heterocycles. The third-order valence-corrected chi connectivity index (χ3v) is 5.09. The van der Waals surface area contributed by atoms with E-state index in [0.717, 1.165) is 6.42 Å². The number of carboxylic acid groups (broad SMARTS) is 1. The number of carboxylic acids is 1. The van der Waals surface area contributed by atoms with Crippen LogP contribution in [0.5, 0.6) is 0 Å². The number of carbonyl (C=O) groups is 3. The van der Waals surface area contributed by atoms with Crippen LogP contribution in [0.25, 0.3) is 0 Å². The first-order valence-electron chi connectivity index (χ1n) is 8.24. The van der Waals surface area contributed by atoms with Crippen LogP contribution in [0.1, 0.15) is 58.3 Å². The molecule has 2 rings (SSSR count). The minimum absolute atomic E-state index is 0.105. The Hall–Kier alpha value is -1.59. The second kappa shape index (κ2) is 7.11. The minimum atomic E-state index is -1.13. The van der Waals surface area contributed by atoms with Crippen LogP contribution < -0.4 is 5.32 Å². The fourth-order valence-electron chi connectivity index (χ4n) is 3.58. The van der Waals surface area contributed by atoms with Gasteiger partial charge in [0.15, 0.2) is 0 Å². The molecule has 2 fully saturated rings. The summed E-state index contributed by atoms with van der Waals surface area (Å²) in [5.74, 6) is -0.755. The Morgan fingerprint density at radius 2 is 1.91 bits per heavy atom. The van der Waals surface area contributed by atoms with Crippen molar-refractivity contribution in [2.75, 3.05) is 13.1 Å². The Balaban J connectivity index is 1.74. The van der Waals surface area contributed by atoms with Crippen LogP contribution in [-0.4, -0.2) is 46.4 Å². The summed E-state index contributed by atoms with van der Waals surface area (Å²) in [6.45, 7) is 1.91. The molecule has 0 bridgehead atoms. The van der Waals surface area contributed by atoms with Crippen LogP contribution in [0.2, 0.25) is 0 Å². The number of carbonyl (C=O) groups excluding carboxylic acids is 2. The van der Waals surface area contributed by atoms with Gasteiger partial charge in [-0.05, 0) is 32.1 Å². The summed E-state index contributed by atoms with van der Waals surface area (Å²) in [4.78, 5) is 36.7. The molecular weight excluding hydrogens is 284 g/mol. The van der Waals surface area contributed by atoms with Crippen molar-refractivity contribution in [1.82, 2.24) is 10.2 Å². The predicted molar refractivity (Wildman–Crippen MR) is 81.2 cm³/mol. The van der Waals surface area contributed by atoms with Crippen molar-refractivity contribution in [3.8, 4) is 0 Å². The summed E-state index contributed by atoms with van der Waals surface area (Å²) in [6, 6.07) is 0. The van der Waals surface area contributed by atoms with E-state index in [9.17, 15) is 19.5 Å². The standard InChI is InChI=1S/C16H26N2O4/c1-16(15(21)22)9-4-10-18(16)14(20)11-17-13(19)8-7-12-5-2-3-6-12/h12H,2-11H2,1H3,(H,17,19)(H,21,22). The normalized spacial score (nSPS) is 25.4. The van der Waals surface area contributed by atoms with Gasteiger partial charge in [-0.1, -0.05) is 25.7 Å². The van der Waals surface area contributed by atoms with Gasteiger partial charge in [0.1, 0.15) is 5.54 Å². The molecule has 1 saturated heterocycles. The summed E-state index contributed by atoms with van der Waals surface area (Å²) in [6.07, 6.45) is 7.41. The maximum absolute atomic E-state index is 12.2. The lowest BCUT2D eigenvalue weighted by atomic mass is 9.99. The SMILES string of the molecule is CC1(C(=O)O)CCCN1C(=O)CNC(=O)CCC1CCCC1. The number of nitrogens with one attached hydrogen (secondary N) is 1. The first kappa shape index (κ1) is 16.8. The Kier molecular flexibility index (Phi) is 5.42. The fourth-order valence-corrected chi connectivity index (χ4v) is 3.58. The summed E-state index contributed by atoms with van der Waals surface area (Å²) >= 11 is 0. The molecule has 1 saturated carbocycles. The van der Waals surface area contributed by atoms with Gasteiger partial charge in [-0.2, -0.15) is 0 Å². The van der Waals surface area contributed by atoms with Crippen molar-refractivity contribution in [2.45, 2.75) is 63.8 Å². The summed E-state index contributed by atoms with van der Waals surface area (Å²) in [5.41, 5.74) is -1.13. The van der Waals surface area contributed by atoms with Crippen molar-refractivity contribution in [2.24, 2.45) is 5.92 Å². The van der Waals surface area contributed by atoms with Crippen molar-refractivity contribution in [3.05, 3.63) is 0 Å². The zero-order valence-corrected chi connectivity index (χ0v) is 13.3. The van der Waals surface area contributed by atoms with Crippen molar-refractivity contribution >= 4 is 17.8 Å². The highest BCUT2D eigenvalue weighted by Crippen LogP contribution is 2.29. The highest BCUT2D eigenvalue weighted by molar-refractivity contribution is 5.90. The van der Waals surface area contributed by atoms with E-state index in [4.69, 9.17) is 0 Å². The van der Waals surface area contributed by atoms with Gasteiger partial charge in [-0.25, -0.2) is 4.79 Å². The Morgan fingerprint density at radius 1 is 1.23 bits per heavy atom. The number of hydrogen-bond donors (Lipinski definition) is 2. The van der Waals surface area contributed by atoms with E-state index in [2.05, 4.69) is 5.32 Å². The zero-order valence-electron chi connectivity index (χ0n) is 13.3. The fraction of sp³-hybridized carbons (Fsp3) is 0.812. The van der Waals surface area contributed by atoms with E-state index >= 15 is 0 Å². The lowest BCUT2D eigenvalue weighted by molar-refractivity contribution is -0.155. The van der Waals surface area contributed by atoms with Crippen molar-refractivity contribution < 1.29 is 19.5 Å². The molecule has 0 spiro atoms. The number of likely N-dealkylation sites (tertiary alicyclic amines) is 1. The topological polar surface area (TPSA) is 86.7 Å². The van der Waals surface area contributed by atoms with Gasteiger partial charge in [-0.3, -0.25) is 9.59 Å². The highest BCUT2D eigenvalue weighted by Gasteiger charge is 2.45. The van der Waals surface area contributed by atoms with Crippen LogP contribution in [0.3, 0.4) is 0 Å². The highest BCUT2D eigenvalue weighted by atomic mass is 16.4. The van der Waals surface area contributed by atoms with Gasteiger partial charge in [0, 0.05) is 13.0 Å². The van der Waals surface area contributed by atoms with Gasteiger partial charge >= 0.3 is 5.97 Å². The number of hydrogen-bond acceptors (Lipinski definition) is 3. The lowest BCUT2D eigenvalue weighted by Crippen LogP contribution is -2.53. The van der Waals surface area contributed by atoms with Crippen molar-refractivity contribution in [1.29, 1.82) is 0 Å². The van der Waals surface area contributed by atoms with Gasteiger partial charge in [-0.15, -0.1) is 0 Å². The van der Waals surface area contributed by atoms with Crippen LogP contribution in [-0.2, 0) is 14.4 Å². The zero-order chi connectivity index (χ0) is 16.2. The Morgan fingerprint density at radius 3 is 2.55 bits per heavy atom. The molecule has 22 heavy (non-hydrogen) atoms. The molecule has 1 heterocycles. The molecule has 2 aliphatic rings. The van der Waals surface area contributed by atoms with E-state index in [-0.39, 0.29) is 18.4 Å². The smallest absolute Gasteiger partial charge is 0.329 e. The summed E-state index contributed by atoms with van der Waals surface area (Å²) in [5, 5.41) is 11.9. The molecule has 6 nitrogen and oxygen atoms in total. The molecule has 2 N–H and O–H groups in total. The molecule has 1 aliphatic heterocycles. The van der Waals surface area contributed by atoms with E-state index in [0.29, 0.717) is 31.7 Å². The van der Waals surface area contributed by atoms with Crippen LogP contribution >= 0.6 is 0 Å². The molecule has 1 aliphatic carbocycles. The van der Waals surface area contributed by atoms with Crippen LogP contribution in [0.15, 0.2) is 0 Å². The maximum atomic E-state index is 12.2. The van der Waals surface area contributed by atoms with Gasteiger partial charge < -0.3 is 15.3 Å². The van der Waals surface area contributed by atoms with E-state index < -0.39 is 11.5 Å². The quantitative estimate of drug-likeness (QED) is 0.779.